The van der Waals surface area contributed by atoms with Gasteiger partial charge in [0.1, 0.15) is 64.8 Å². The average molecular weight is 466 g/mol. The van der Waals surface area contributed by atoms with Crippen LogP contribution in [0.4, 0.5) is 0 Å². The molecule has 33 heavy (non-hydrogen) atoms. The number of carbonyl (C=O) groups excluding carboxylic acids is 1. The van der Waals surface area contributed by atoms with Gasteiger partial charge in [0.25, 0.3) is 0 Å². The van der Waals surface area contributed by atoms with E-state index >= 15 is 0 Å². The van der Waals surface area contributed by atoms with E-state index in [4.69, 9.17) is 9.47 Å². The van der Waals surface area contributed by atoms with Crippen LogP contribution in [-0.2, 0) is 4.74 Å². The predicted octanol–water partition coefficient (Wildman–Crippen LogP) is -1.30. The number of aliphatic hydroxyl groups is 5. The van der Waals surface area contributed by atoms with Crippen LogP contribution in [0.25, 0.3) is 0 Å². The first-order chi connectivity index (χ1) is 15.5. The van der Waals surface area contributed by atoms with Crippen LogP contribution in [0.3, 0.4) is 0 Å². The molecule has 0 spiro atoms. The molecule has 7 atom stereocenters. The first-order valence-corrected chi connectivity index (χ1v) is 9.86. The molecule has 3 unspecified atom stereocenters. The first-order valence-electron chi connectivity index (χ1n) is 9.86. The topological polar surface area (TPSA) is 218 Å². The van der Waals surface area contributed by atoms with Crippen LogP contribution in [0.2, 0.25) is 0 Å². The highest BCUT2D eigenvalue weighted by molar-refractivity contribution is 6.06. The lowest BCUT2D eigenvalue weighted by Crippen LogP contribution is -2.55. The van der Waals surface area contributed by atoms with Gasteiger partial charge in [-0.1, -0.05) is 0 Å². The van der Waals surface area contributed by atoms with E-state index in [1.165, 1.54) is 0 Å². The molecular formula is C21H22O12. The highest BCUT2D eigenvalue weighted by Crippen LogP contribution is 2.49. The number of benzene rings is 2. The number of phenolic OH excluding ortho intramolecular Hbond substituents is 4. The molecule has 2 aromatic rings. The second-order valence-corrected chi connectivity index (χ2v) is 7.91. The Balaban J connectivity index is 1.77. The molecule has 0 bridgehead atoms. The van der Waals surface area contributed by atoms with E-state index in [-0.39, 0.29) is 22.8 Å². The third-order valence-corrected chi connectivity index (χ3v) is 5.77. The number of Topliss-reactive ketones (excluding diaryl/α,β-unsaturated/α-hetero) is 1. The number of hydrogen-bond acceptors (Lipinski definition) is 12. The maximum Gasteiger partial charge on any atom is 0.202 e. The number of fused-ring (bicyclic) bond motifs is 1. The standard InChI is InChI=1S/C21H22O12/c22-5-11-14(26)17(29)19(31)21(33-11)12-9(25)4-10-13(15(12)27)16(28)18(30)20(32-10)6-1-7(23)3-8(24)2-6/h1-4,11,14,17-27,29-31H,5H2/t11?,14-,17?,18+,19?,20-,21+/m1/s1. The fourth-order valence-electron chi connectivity index (χ4n) is 4.12. The number of carbonyl (C=O) groups is 1. The van der Waals surface area contributed by atoms with Crippen LogP contribution in [0.1, 0.15) is 33.7 Å². The smallest absolute Gasteiger partial charge is 0.202 e. The Morgan fingerprint density at radius 3 is 2.06 bits per heavy atom. The van der Waals surface area contributed by atoms with Gasteiger partial charge < -0.3 is 55.4 Å². The number of hydrogen-bond donors (Lipinski definition) is 9. The van der Waals surface area contributed by atoms with E-state index in [0.717, 1.165) is 24.3 Å². The molecular weight excluding hydrogens is 444 g/mol. The first kappa shape index (κ1) is 23.0. The number of ketones is 1. The molecule has 1 saturated heterocycles. The van der Waals surface area contributed by atoms with Gasteiger partial charge in [0.15, 0.2) is 12.2 Å². The number of ether oxygens (including phenoxy) is 2. The van der Waals surface area contributed by atoms with Crippen molar-refractivity contribution in [1.29, 1.82) is 0 Å². The van der Waals surface area contributed by atoms with Crippen molar-refractivity contribution in [3.05, 3.63) is 41.0 Å². The summed E-state index contributed by atoms with van der Waals surface area (Å²) in [6, 6.07) is 4.24. The highest BCUT2D eigenvalue weighted by Gasteiger charge is 2.48. The summed E-state index contributed by atoms with van der Waals surface area (Å²) in [7, 11) is 0. The van der Waals surface area contributed by atoms with Crippen molar-refractivity contribution < 1.29 is 60.2 Å². The maximum absolute atomic E-state index is 12.9. The molecule has 0 aliphatic carbocycles. The van der Waals surface area contributed by atoms with Crippen LogP contribution in [0.5, 0.6) is 28.7 Å². The minimum atomic E-state index is -1.89. The molecule has 9 N–H and O–H groups in total. The van der Waals surface area contributed by atoms with Crippen molar-refractivity contribution in [2.75, 3.05) is 6.61 Å². The van der Waals surface area contributed by atoms with E-state index in [1.807, 2.05) is 0 Å². The van der Waals surface area contributed by atoms with Crippen LogP contribution < -0.4 is 4.74 Å². The van der Waals surface area contributed by atoms with Crippen LogP contribution in [0.15, 0.2) is 24.3 Å². The number of aromatic hydroxyl groups is 4. The van der Waals surface area contributed by atoms with E-state index in [0.29, 0.717) is 0 Å². The zero-order chi connectivity index (χ0) is 24.2. The fourth-order valence-corrected chi connectivity index (χ4v) is 4.12. The number of aliphatic hydroxyl groups excluding tert-OH is 5. The lowest BCUT2D eigenvalue weighted by Gasteiger charge is -2.41. The summed E-state index contributed by atoms with van der Waals surface area (Å²) in [5.41, 5.74) is -1.04. The van der Waals surface area contributed by atoms with Gasteiger partial charge in [-0.05, 0) is 12.1 Å². The van der Waals surface area contributed by atoms with Gasteiger partial charge in [0.05, 0.1) is 12.2 Å². The predicted molar refractivity (Wildman–Crippen MR) is 106 cm³/mol. The second kappa shape index (κ2) is 8.33. The normalized spacial score (nSPS) is 31.7. The lowest BCUT2D eigenvalue weighted by atomic mass is 9.86. The summed E-state index contributed by atoms with van der Waals surface area (Å²) in [6.45, 7) is -0.757. The molecule has 2 aliphatic heterocycles. The molecule has 12 heteroatoms. The average Bonchev–Trinajstić information content (AvgIpc) is 2.75. The van der Waals surface area contributed by atoms with Crippen molar-refractivity contribution in [3.8, 4) is 28.7 Å². The molecule has 2 aromatic carbocycles. The lowest BCUT2D eigenvalue weighted by molar-refractivity contribution is -0.232. The molecule has 1 fully saturated rings. The molecule has 2 heterocycles. The van der Waals surface area contributed by atoms with E-state index in [2.05, 4.69) is 0 Å². The summed E-state index contributed by atoms with van der Waals surface area (Å²) in [5.74, 6) is -3.72. The molecule has 2 aliphatic rings. The molecule has 4 rings (SSSR count). The zero-order valence-corrected chi connectivity index (χ0v) is 16.8. The molecule has 0 aromatic heterocycles. The summed E-state index contributed by atoms with van der Waals surface area (Å²) < 4.78 is 10.9. The summed E-state index contributed by atoms with van der Waals surface area (Å²) in [6.07, 6.45) is -11.6. The zero-order valence-electron chi connectivity index (χ0n) is 16.8. The van der Waals surface area contributed by atoms with Gasteiger partial charge in [-0.25, -0.2) is 0 Å². The second-order valence-electron chi connectivity index (χ2n) is 7.91. The summed E-state index contributed by atoms with van der Waals surface area (Å²) in [5, 5.41) is 90.9. The van der Waals surface area contributed by atoms with Gasteiger partial charge in [-0.2, -0.15) is 0 Å². The number of rotatable bonds is 3. The van der Waals surface area contributed by atoms with Crippen molar-refractivity contribution in [2.24, 2.45) is 0 Å². The Morgan fingerprint density at radius 2 is 1.45 bits per heavy atom. The van der Waals surface area contributed by atoms with E-state index in [9.17, 15) is 50.8 Å². The third kappa shape index (κ3) is 3.72. The Morgan fingerprint density at radius 1 is 0.818 bits per heavy atom. The van der Waals surface area contributed by atoms with Crippen LogP contribution >= 0.6 is 0 Å². The van der Waals surface area contributed by atoms with E-state index in [1.54, 1.807) is 0 Å². The maximum atomic E-state index is 12.9. The minimum absolute atomic E-state index is 0.0380. The van der Waals surface area contributed by atoms with Gasteiger partial charge in [0, 0.05) is 17.7 Å². The van der Waals surface area contributed by atoms with Gasteiger partial charge in [0.2, 0.25) is 5.78 Å². The van der Waals surface area contributed by atoms with Crippen molar-refractivity contribution in [3.63, 3.8) is 0 Å². The quantitative estimate of drug-likeness (QED) is 0.258. The summed E-state index contributed by atoms with van der Waals surface area (Å²) in [4.78, 5) is 12.9. The Hall–Kier alpha value is -3.13. The molecule has 0 radical (unpaired) electrons. The highest BCUT2D eigenvalue weighted by atomic mass is 16.5. The van der Waals surface area contributed by atoms with Crippen LogP contribution in [-0.4, -0.2) is 88.9 Å². The Kier molecular flexibility index (Phi) is 5.82. The Bertz CT molecular complexity index is 1060. The minimum Gasteiger partial charge on any atom is -0.508 e. The van der Waals surface area contributed by atoms with Gasteiger partial charge in [-0.3, -0.25) is 4.79 Å². The third-order valence-electron chi connectivity index (χ3n) is 5.77. The van der Waals surface area contributed by atoms with E-state index < -0.39 is 77.7 Å². The van der Waals surface area contributed by atoms with Crippen LogP contribution in [0, 0.1) is 0 Å². The SMILES string of the molecule is O=C1c2c(cc(O)c([C@@H]3OC(CO)[C@@H](O)C(O)C3O)c2O)O[C@H](c2cc(O)cc(O)c2)[C@H]1O. The molecule has 12 nitrogen and oxygen atoms in total. The molecule has 0 amide bonds. The van der Waals surface area contributed by atoms with Gasteiger partial charge >= 0.3 is 0 Å². The largest absolute Gasteiger partial charge is 0.508 e. The Labute approximate surface area is 185 Å². The monoisotopic (exact) mass is 466 g/mol. The van der Waals surface area contributed by atoms with Crippen molar-refractivity contribution >= 4 is 5.78 Å². The van der Waals surface area contributed by atoms with Crippen molar-refractivity contribution in [2.45, 2.75) is 42.7 Å². The van der Waals surface area contributed by atoms with Gasteiger partial charge in [-0.15, -0.1) is 0 Å². The number of phenols is 4. The molecule has 178 valence electrons. The molecule has 0 saturated carbocycles. The van der Waals surface area contributed by atoms with Crippen molar-refractivity contribution in [1.82, 2.24) is 0 Å². The summed E-state index contributed by atoms with van der Waals surface area (Å²) >= 11 is 0. The fraction of sp³-hybridized carbons (Fsp3) is 0.381.